The molecule has 3 aromatic carbocycles. The maximum absolute atomic E-state index is 14.1. The number of aliphatic hydroxyl groups excluding tert-OH is 1. The first-order valence-electron chi connectivity index (χ1n) is 16.8. The molecule has 0 unspecified atom stereocenters. The van der Waals surface area contributed by atoms with Gasteiger partial charge in [0.15, 0.2) is 29.3 Å². The van der Waals surface area contributed by atoms with Crippen molar-refractivity contribution >= 4 is 46.8 Å². The van der Waals surface area contributed by atoms with Crippen LogP contribution in [0.25, 0.3) is 11.2 Å². The lowest BCUT2D eigenvalue weighted by Gasteiger charge is -2.32. The fourth-order valence-electron chi connectivity index (χ4n) is 6.01. The number of hydrogen-bond acceptors (Lipinski definition) is 13. The summed E-state index contributed by atoms with van der Waals surface area (Å²) < 4.78 is 17.4. The van der Waals surface area contributed by atoms with Crippen LogP contribution in [0.4, 0.5) is 10.6 Å². The highest BCUT2D eigenvalue weighted by atomic mass is 16.6. The molecule has 18 nitrogen and oxygen atoms in total. The van der Waals surface area contributed by atoms with Gasteiger partial charge in [-0.3, -0.25) is 23.9 Å². The van der Waals surface area contributed by atoms with Gasteiger partial charge in [0.25, 0.3) is 5.91 Å². The molecule has 1 fully saturated rings. The molecule has 284 valence electrons. The molecule has 0 radical (unpaired) electrons. The summed E-state index contributed by atoms with van der Waals surface area (Å²) in [5.41, 5.74) is 8.04. The Labute approximate surface area is 312 Å². The van der Waals surface area contributed by atoms with E-state index in [1.165, 1.54) is 18.0 Å². The molecule has 0 saturated carbocycles. The fraction of sp³-hybridized carbons (Fsp3) is 0.243. The van der Waals surface area contributed by atoms with Crippen LogP contribution >= 0.6 is 0 Å². The number of nitrogens with one attached hydrogen (secondary N) is 2. The number of aliphatic carboxylic acids is 1. The Morgan fingerprint density at radius 2 is 1.64 bits per heavy atom. The summed E-state index contributed by atoms with van der Waals surface area (Å²) in [5, 5.41) is 27.0. The second-order valence-electron chi connectivity index (χ2n) is 12.3. The summed E-state index contributed by atoms with van der Waals surface area (Å²) in [7, 11) is 1.49. The van der Waals surface area contributed by atoms with Crippen molar-refractivity contribution in [1.29, 1.82) is 0 Å². The lowest BCUT2D eigenvalue weighted by Crippen LogP contribution is -2.60. The number of hydrogen-bond donors (Lipinski definition) is 5. The van der Waals surface area contributed by atoms with Crippen LogP contribution in [0.1, 0.15) is 27.7 Å². The van der Waals surface area contributed by atoms with Crippen molar-refractivity contribution in [1.82, 2.24) is 29.7 Å². The van der Waals surface area contributed by atoms with Crippen LogP contribution < -0.4 is 21.1 Å². The van der Waals surface area contributed by atoms with Crippen molar-refractivity contribution < 1.29 is 48.4 Å². The average molecular weight is 753 g/mol. The van der Waals surface area contributed by atoms with Crippen molar-refractivity contribution in [2.24, 2.45) is 5.73 Å². The van der Waals surface area contributed by atoms with E-state index < -0.39 is 66.8 Å². The van der Waals surface area contributed by atoms with Gasteiger partial charge in [-0.2, -0.15) is 0 Å². The van der Waals surface area contributed by atoms with Gasteiger partial charge in [-0.05, 0) is 41.8 Å². The van der Waals surface area contributed by atoms with Crippen LogP contribution in [-0.4, -0.2) is 102 Å². The van der Waals surface area contributed by atoms with Crippen molar-refractivity contribution in [3.63, 3.8) is 0 Å². The third-order valence-corrected chi connectivity index (χ3v) is 8.72. The first-order valence-corrected chi connectivity index (χ1v) is 16.8. The minimum Gasteiger partial charge on any atom is -0.497 e. The van der Waals surface area contributed by atoms with E-state index in [9.17, 15) is 34.2 Å². The first-order chi connectivity index (χ1) is 26.5. The second kappa shape index (κ2) is 16.9. The number of anilines is 1. The Morgan fingerprint density at radius 3 is 2.31 bits per heavy atom. The summed E-state index contributed by atoms with van der Waals surface area (Å²) in [5.74, 6) is -3.70. The van der Waals surface area contributed by atoms with Gasteiger partial charge in [0.2, 0.25) is 11.8 Å². The Hall–Kier alpha value is -6.76. The molecule has 6 rings (SSSR count). The van der Waals surface area contributed by atoms with Gasteiger partial charge < -0.3 is 40.8 Å². The van der Waals surface area contributed by atoms with E-state index in [1.54, 1.807) is 84.9 Å². The molecular formula is C37H36N8O10. The zero-order valence-electron chi connectivity index (χ0n) is 29.2. The lowest BCUT2D eigenvalue weighted by molar-refractivity contribution is -0.158. The Kier molecular flexibility index (Phi) is 11.7. The summed E-state index contributed by atoms with van der Waals surface area (Å²) in [6.45, 7) is -0.950. The van der Waals surface area contributed by atoms with Gasteiger partial charge in [0.1, 0.15) is 37.4 Å². The Balaban J connectivity index is 1.27. The number of aromatic nitrogens is 4. The highest BCUT2D eigenvalue weighted by molar-refractivity contribution is 6.06. The number of carbonyl (C=O) groups is 5. The maximum Gasteiger partial charge on any atom is 0.407 e. The van der Waals surface area contributed by atoms with Crippen molar-refractivity contribution in [2.45, 2.75) is 43.5 Å². The van der Waals surface area contributed by atoms with Gasteiger partial charge >= 0.3 is 12.1 Å². The number of nitrogens with two attached hydrogens (primary N) is 1. The highest BCUT2D eigenvalue weighted by Gasteiger charge is 2.54. The molecule has 3 heterocycles. The quantitative estimate of drug-likeness (QED) is 0.115. The minimum atomic E-state index is -1.98. The van der Waals surface area contributed by atoms with Crippen LogP contribution in [0, 0.1) is 0 Å². The van der Waals surface area contributed by atoms with E-state index in [2.05, 4.69) is 25.6 Å². The van der Waals surface area contributed by atoms with E-state index in [-0.39, 0.29) is 30.0 Å². The monoisotopic (exact) mass is 752 g/mol. The maximum atomic E-state index is 14.1. The molecule has 2 aromatic heterocycles. The standard InChI is InChI=1S/C37H36N8O10/c1-53-24-14-12-21(13-15-24)16-25(38)34(49)45(26(46)17-39-37(52)54-18-22-8-4-2-5-9-22)28-29(47)35(55-30(28)36(50)51)44-20-42-27-31(40-19-41-32(27)44)43-33(48)23-10-6-3-7-11-23/h2-15,19-20,25,28-30,35,47H,16-18,38H2,1H3,(H,39,52)(H,50,51)(H,40,41,43,48)/t25-,28-,29+,30-,35+/m0/s1. The van der Waals surface area contributed by atoms with Crippen molar-refractivity contribution in [3.05, 3.63) is 114 Å². The van der Waals surface area contributed by atoms with E-state index in [1.807, 2.05) is 0 Å². The molecule has 55 heavy (non-hydrogen) atoms. The summed E-state index contributed by atoms with van der Waals surface area (Å²) in [6.07, 6.45) is -4.25. The fourth-order valence-corrected chi connectivity index (χ4v) is 6.01. The number of carboxylic acids is 1. The molecule has 1 saturated heterocycles. The minimum absolute atomic E-state index is 0.0122. The van der Waals surface area contributed by atoms with E-state index in [0.29, 0.717) is 27.3 Å². The van der Waals surface area contributed by atoms with Gasteiger partial charge in [-0.1, -0.05) is 60.7 Å². The number of nitrogens with zero attached hydrogens (tertiary/aromatic N) is 5. The molecule has 0 spiro atoms. The number of fused-ring (bicyclic) bond motifs is 1. The van der Waals surface area contributed by atoms with E-state index >= 15 is 0 Å². The predicted molar refractivity (Wildman–Crippen MR) is 192 cm³/mol. The van der Waals surface area contributed by atoms with E-state index in [4.69, 9.17) is 19.9 Å². The number of rotatable bonds is 13. The number of imidazole rings is 1. The number of alkyl carbamates (subject to hydrolysis) is 1. The van der Waals surface area contributed by atoms with Crippen LogP contribution in [0.3, 0.4) is 0 Å². The molecule has 1 aliphatic heterocycles. The SMILES string of the molecule is COc1ccc(C[C@H](N)C(=O)N(C(=O)CNC(=O)OCc2ccccc2)[C@H]2[C@@H](O)[C@H](n3cnc4c(NC(=O)c5ccccc5)ncnc43)O[C@@H]2C(=O)O)cc1. The molecule has 0 aliphatic carbocycles. The number of benzene rings is 3. The molecule has 5 atom stereocenters. The van der Waals surface area contributed by atoms with Gasteiger partial charge in [-0.25, -0.2) is 24.5 Å². The summed E-state index contributed by atoms with van der Waals surface area (Å²) in [6, 6.07) is 20.4. The summed E-state index contributed by atoms with van der Waals surface area (Å²) >= 11 is 0. The molecule has 0 bridgehead atoms. The van der Waals surface area contributed by atoms with Crippen LogP contribution in [0.2, 0.25) is 0 Å². The Bertz CT molecular complexity index is 2170. The molecular weight excluding hydrogens is 716 g/mol. The number of methoxy groups -OCH3 is 1. The number of ether oxygens (including phenoxy) is 3. The topological polar surface area (TPSA) is 250 Å². The van der Waals surface area contributed by atoms with Gasteiger partial charge in [0.05, 0.1) is 19.5 Å². The number of aliphatic hydroxyl groups is 1. The molecule has 5 aromatic rings. The first kappa shape index (κ1) is 38.0. The smallest absolute Gasteiger partial charge is 0.407 e. The van der Waals surface area contributed by atoms with Crippen LogP contribution in [0.5, 0.6) is 5.75 Å². The number of imide groups is 1. The predicted octanol–water partition coefficient (Wildman–Crippen LogP) is 1.65. The van der Waals surface area contributed by atoms with Crippen LogP contribution in [-0.2, 0) is 36.9 Å². The Morgan fingerprint density at radius 1 is 0.945 bits per heavy atom. The zero-order chi connectivity index (χ0) is 39.1. The molecule has 4 amide bonds. The number of amides is 4. The lowest BCUT2D eigenvalue weighted by atomic mass is 10.0. The largest absolute Gasteiger partial charge is 0.497 e. The highest BCUT2D eigenvalue weighted by Crippen LogP contribution is 2.36. The van der Waals surface area contributed by atoms with Crippen molar-refractivity contribution in [3.8, 4) is 5.75 Å². The summed E-state index contributed by atoms with van der Waals surface area (Å²) in [4.78, 5) is 79.2. The zero-order valence-corrected chi connectivity index (χ0v) is 29.2. The van der Waals surface area contributed by atoms with Gasteiger partial charge in [0, 0.05) is 5.56 Å². The normalized spacial score (nSPS) is 18.2. The molecule has 1 aliphatic rings. The van der Waals surface area contributed by atoms with Crippen LogP contribution in [0.15, 0.2) is 97.6 Å². The number of carbonyl (C=O) groups excluding carboxylic acids is 4. The molecule has 6 N–H and O–H groups in total. The van der Waals surface area contributed by atoms with Gasteiger partial charge in [-0.15, -0.1) is 0 Å². The van der Waals surface area contributed by atoms with E-state index in [0.717, 1.165) is 6.33 Å². The molecule has 18 heteroatoms. The van der Waals surface area contributed by atoms with Crippen molar-refractivity contribution in [2.75, 3.05) is 19.0 Å². The third kappa shape index (κ3) is 8.57. The second-order valence-corrected chi connectivity index (χ2v) is 12.3. The third-order valence-electron chi connectivity index (χ3n) is 8.72. The average Bonchev–Trinajstić information content (AvgIpc) is 3.78. The number of carboxylic acid groups (broad SMARTS) is 1.